The van der Waals surface area contributed by atoms with E-state index in [4.69, 9.17) is 16.6 Å². The Kier molecular flexibility index (Phi) is 4.60. The van der Waals surface area contributed by atoms with E-state index in [1.165, 1.54) is 6.08 Å². The summed E-state index contributed by atoms with van der Waals surface area (Å²) in [5, 5.41) is 14.6. The molecule has 0 unspecified atom stereocenters. The molecule has 0 amide bonds. The van der Waals surface area contributed by atoms with Crippen LogP contribution in [0.1, 0.15) is 12.8 Å². The molecule has 66 valence electrons. The number of hydrogen-bond donors (Lipinski definition) is 3. The van der Waals surface area contributed by atoms with Gasteiger partial charge >= 0.3 is 0 Å². The second-order valence-electron chi connectivity index (χ2n) is 2.32. The molecule has 4 N–H and O–H groups in total. The van der Waals surface area contributed by atoms with E-state index >= 15 is 0 Å². The average Bonchev–Trinajstić information content (AvgIpc) is 2.11. The summed E-state index contributed by atoms with van der Waals surface area (Å²) in [5.74, 6) is 0.242. The number of amidine groups is 1. The van der Waals surface area contributed by atoms with Crippen molar-refractivity contribution in [3.05, 3.63) is 12.7 Å². The molecule has 0 aromatic carbocycles. The van der Waals surface area contributed by atoms with E-state index in [1.54, 1.807) is 7.05 Å². The molecule has 0 aromatic rings. The number of aliphatic imine (C=N–C) groups is 1. The second kappa shape index (κ2) is 5.23. The first-order valence-corrected chi connectivity index (χ1v) is 3.61. The summed E-state index contributed by atoms with van der Waals surface area (Å²) in [5.41, 5.74) is 6.07. The maximum absolute atomic E-state index is 7.38. The van der Waals surface area contributed by atoms with E-state index in [9.17, 15) is 0 Å². The molecule has 0 atom stereocenters. The minimum atomic E-state index is 0.242. The van der Waals surface area contributed by atoms with Gasteiger partial charge in [0.2, 0.25) is 0 Å². The van der Waals surface area contributed by atoms with Gasteiger partial charge in [-0.05, 0) is 18.9 Å². The third-order valence-corrected chi connectivity index (χ3v) is 1.44. The fourth-order valence-electron chi connectivity index (χ4n) is 0.625. The zero-order chi connectivity index (χ0) is 9.56. The molecule has 0 aliphatic heterocycles. The van der Waals surface area contributed by atoms with E-state index in [0.717, 1.165) is 0 Å². The topological polar surface area (TPSA) is 86.1 Å². The molecule has 0 aromatic heterocycles. The normalized spacial score (nSPS) is 10.9. The van der Waals surface area contributed by atoms with Crippen LogP contribution in [-0.2, 0) is 0 Å². The van der Waals surface area contributed by atoms with Gasteiger partial charge in [-0.15, -0.1) is 0 Å². The summed E-state index contributed by atoms with van der Waals surface area (Å²) in [7, 11) is 1.54. The molecule has 4 nitrogen and oxygen atoms in total. The largest absolute Gasteiger partial charge is 0.383 e. The first-order chi connectivity index (χ1) is 5.61. The Morgan fingerprint density at radius 3 is 2.50 bits per heavy atom. The minimum Gasteiger partial charge on any atom is -0.383 e. The zero-order valence-electron chi connectivity index (χ0n) is 7.22. The molecular formula is C8H14N4. The summed E-state index contributed by atoms with van der Waals surface area (Å²) in [6, 6.07) is 0. The van der Waals surface area contributed by atoms with Gasteiger partial charge in [-0.3, -0.25) is 4.99 Å². The lowest BCUT2D eigenvalue weighted by Gasteiger charge is -2.00. The maximum Gasteiger partial charge on any atom is 0.139 e. The Balaban J connectivity index is 3.87. The summed E-state index contributed by atoms with van der Waals surface area (Å²) in [4.78, 5) is 3.67. The number of nitrogens with two attached hydrogens (primary N) is 1. The highest BCUT2D eigenvalue weighted by atomic mass is 14.8. The number of nitrogens with one attached hydrogen (secondary N) is 2. The predicted molar refractivity (Wildman–Crippen MR) is 52.4 cm³/mol. The summed E-state index contributed by atoms with van der Waals surface area (Å²) >= 11 is 0. The van der Waals surface area contributed by atoms with Crippen molar-refractivity contribution in [1.82, 2.24) is 0 Å². The molecule has 0 spiro atoms. The molecule has 0 aliphatic rings. The van der Waals surface area contributed by atoms with Crippen molar-refractivity contribution in [2.45, 2.75) is 12.8 Å². The lowest BCUT2D eigenvalue weighted by atomic mass is 10.1. The van der Waals surface area contributed by atoms with E-state index in [1.807, 2.05) is 0 Å². The molecular weight excluding hydrogens is 152 g/mol. The molecule has 12 heavy (non-hydrogen) atoms. The quantitative estimate of drug-likeness (QED) is 0.412. The first kappa shape index (κ1) is 10.6. The van der Waals surface area contributed by atoms with Gasteiger partial charge in [-0.2, -0.15) is 0 Å². The lowest BCUT2D eigenvalue weighted by molar-refractivity contribution is 1.13. The first-order valence-electron chi connectivity index (χ1n) is 3.61. The summed E-state index contributed by atoms with van der Waals surface area (Å²) < 4.78 is 0. The molecule has 0 heterocycles. The van der Waals surface area contributed by atoms with Gasteiger partial charge < -0.3 is 16.6 Å². The lowest BCUT2D eigenvalue weighted by Crippen LogP contribution is -2.23. The van der Waals surface area contributed by atoms with Crippen LogP contribution in [-0.4, -0.2) is 24.3 Å². The van der Waals surface area contributed by atoms with Crippen molar-refractivity contribution in [3.63, 3.8) is 0 Å². The Bertz CT molecular complexity index is 227. The van der Waals surface area contributed by atoms with E-state index in [2.05, 4.69) is 11.6 Å². The molecule has 0 rings (SSSR count). The van der Waals surface area contributed by atoms with E-state index in [-0.39, 0.29) is 11.5 Å². The Labute approximate surface area is 72.2 Å². The molecule has 0 bridgehead atoms. The maximum atomic E-state index is 7.38. The number of rotatable bonds is 5. The minimum absolute atomic E-state index is 0.242. The van der Waals surface area contributed by atoms with Crippen molar-refractivity contribution < 1.29 is 0 Å². The highest BCUT2D eigenvalue weighted by Crippen LogP contribution is 1.94. The summed E-state index contributed by atoms with van der Waals surface area (Å²) in [6.07, 6.45) is 2.42. The molecule has 0 radical (unpaired) electrons. The van der Waals surface area contributed by atoms with Crippen molar-refractivity contribution in [1.29, 1.82) is 10.8 Å². The molecule has 0 aliphatic carbocycles. The number of nitrogens with zero attached hydrogens (tertiary/aromatic N) is 1. The van der Waals surface area contributed by atoms with Crippen LogP contribution >= 0.6 is 0 Å². The summed E-state index contributed by atoms with van der Waals surface area (Å²) in [6.45, 7) is 3.45. The second-order valence-corrected chi connectivity index (χ2v) is 2.32. The van der Waals surface area contributed by atoms with Gasteiger partial charge in [0.25, 0.3) is 0 Å². The Morgan fingerprint density at radius 2 is 2.08 bits per heavy atom. The Hall–Kier alpha value is -1.45. The van der Waals surface area contributed by atoms with Crippen LogP contribution in [0.25, 0.3) is 0 Å². The van der Waals surface area contributed by atoms with Gasteiger partial charge in [0.1, 0.15) is 5.84 Å². The van der Waals surface area contributed by atoms with Crippen LogP contribution in [0.4, 0.5) is 0 Å². The molecule has 0 saturated carbocycles. The fourth-order valence-corrected chi connectivity index (χ4v) is 0.625. The monoisotopic (exact) mass is 166 g/mol. The van der Waals surface area contributed by atoms with Gasteiger partial charge in [0.05, 0.1) is 5.71 Å². The Morgan fingerprint density at radius 1 is 1.50 bits per heavy atom. The molecule has 0 fully saturated rings. The number of hydrogen-bond acceptors (Lipinski definition) is 3. The van der Waals surface area contributed by atoms with Crippen molar-refractivity contribution in [2.75, 3.05) is 7.05 Å². The highest BCUT2D eigenvalue weighted by Gasteiger charge is 2.01. The van der Waals surface area contributed by atoms with E-state index < -0.39 is 0 Å². The van der Waals surface area contributed by atoms with Gasteiger partial charge in [0, 0.05) is 12.8 Å². The standard InChI is InChI=1S/C8H14N4/c1-3-6(9)4-5-7(10)8(11)12-2/h3,9-10H,1,4-5H2,2H3,(H2,11,12). The van der Waals surface area contributed by atoms with Crippen LogP contribution in [0.15, 0.2) is 17.6 Å². The van der Waals surface area contributed by atoms with Gasteiger partial charge in [0.15, 0.2) is 0 Å². The van der Waals surface area contributed by atoms with Gasteiger partial charge in [-0.25, -0.2) is 0 Å². The predicted octanol–water partition coefficient (Wildman–Crippen LogP) is 0.979. The third-order valence-electron chi connectivity index (χ3n) is 1.44. The van der Waals surface area contributed by atoms with Crippen LogP contribution in [0.3, 0.4) is 0 Å². The average molecular weight is 166 g/mol. The molecule has 0 saturated heterocycles. The molecule has 4 heteroatoms. The van der Waals surface area contributed by atoms with Crippen LogP contribution < -0.4 is 5.73 Å². The fraction of sp³-hybridized carbons (Fsp3) is 0.375. The van der Waals surface area contributed by atoms with Crippen molar-refractivity contribution in [3.8, 4) is 0 Å². The van der Waals surface area contributed by atoms with Crippen LogP contribution in [0.2, 0.25) is 0 Å². The van der Waals surface area contributed by atoms with Gasteiger partial charge in [-0.1, -0.05) is 6.58 Å². The smallest absolute Gasteiger partial charge is 0.139 e. The van der Waals surface area contributed by atoms with E-state index in [0.29, 0.717) is 18.6 Å². The zero-order valence-corrected chi connectivity index (χ0v) is 7.22. The van der Waals surface area contributed by atoms with Crippen LogP contribution in [0.5, 0.6) is 0 Å². The highest BCUT2D eigenvalue weighted by molar-refractivity contribution is 6.39. The number of allylic oxidation sites excluding steroid dienone is 1. The van der Waals surface area contributed by atoms with Crippen LogP contribution in [0, 0.1) is 10.8 Å². The third kappa shape index (κ3) is 3.65. The van der Waals surface area contributed by atoms with Crippen molar-refractivity contribution >= 4 is 17.3 Å². The van der Waals surface area contributed by atoms with Crippen molar-refractivity contribution in [2.24, 2.45) is 10.7 Å². The SMILES string of the molecule is C=CC(=N)CCC(=N)C(N)=NC.